The quantitative estimate of drug-likeness (QED) is 0.711. The molecule has 0 aromatic carbocycles. The lowest BCUT2D eigenvalue weighted by Crippen LogP contribution is -2.42. The lowest BCUT2D eigenvalue weighted by Gasteiger charge is -2.48. The Morgan fingerprint density at radius 1 is 1.38 bits per heavy atom. The van der Waals surface area contributed by atoms with Crippen LogP contribution in [0.25, 0.3) is 0 Å². The summed E-state index contributed by atoms with van der Waals surface area (Å²) in [6.45, 7) is 9.44. The smallest absolute Gasteiger partial charge is 0.0111 e. The van der Waals surface area contributed by atoms with Crippen LogP contribution in [0.1, 0.15) is 40.5 Å². The van der Waals surface area contributed by atoms with Gasteiger partial charge in [0.05, 0.1) is 0 Å². The fourth-order valence-electron chi connectivity index (χ4n) is 4.12. The van der Waals surface area contributed by atoms with Crippen LogP contribution in [0.2, 0.25) is 0 Å². The fourth-order valence-corrected chi connectivity index (χ4v) is 4.12. The molecule has 5 atom stereocenters. The molecule has 5 unspecified atom stereocenters. The number of hydrogen-bond acceptors (Lipinski definition) is 1. The van der Waals surface area contributed by atoms with E-state index in [4.69, 9.17) is 5.73 Å². The maximum atomic E-state index is 6.09. The third-order valence-electron chi connectivity index (χ3n) is 4.73. The molecule has 0 spiro atoms. The van der Waals surface area contributed by atoms with Crippen LogP contribution in [0.15, 0.2) is 0 Å². The highest BCUT2D eigenvalue weighted by Gasteiger charge is 2.72. The third-order valence-corrected chi connectivity index (χ3v) is 4.73. The molecule has 0 heterocycles. The minimum atomic E-state index is 0.550. The molecule has 2 fully saturated rings. The van der Waals surface area contributed by atoms with E-state index in [0.717, 1.165) is 23.7 Å². The zero-order valence-electron chi connectivity index (χ0n) is 9.38. The Balaban J connectivity index is 2.09. The van der Waals surface area contributed by atoms with Gasteiger partial charge >= 0.3 is 0 Å². The van der Waals surface area contributed by atoms with E-state index in [1.54, 1.807) is 0 Å². The molecule has 0 bridgehead atoms. The second-order valence-corrected chi connectivity index (χ2v) is 5.65. The molecule has 2 aliphatic rings. The summed E-state index contributed by atoms with van der Waals surface area (Å²) >= 11 is 0. The largest absolute Gasteiger partial charge is 0.327 e. The molecule has 0 saturated heterocycles. The summed E-state index contributed by atoms with van der Waals surface area (Å²) in [7, 11) is 0. The van der Waals surface area contributed by atoms with Gasteiger partial charge in [0.1, 0.15) is 0 Å². The molecule has 2 N–H and O–H groups in total. The van der Waals surface area contributed by atoms with Crippen LogP contribution in [0.5, 0.6) is 0 Å². The first kappa shape index (κ1) is 9.51. The van der Waals surface area contributed by atoms with Crippen LogP contribution in [-0.4, -0.2) is 6.04 Å². The first-order valence-electron chi connectivity index (χ1n) is 5.80. The highest BCUT2D eigenvalue weighted by Crippen LogP contribution is 2.73. The molecule has 13 heavy (non-hydrogen) atoms. The van der Waals surface area contributed by atoms with E-state index >= 15 is 0 Å². The zero-order chi connectivity index (χ0) is 9.80. The summed E-state index contributed by atoms with van der Waals surface area (Å²) < 4.78 is 0. The third kappa shape index (κ3) is 1.03. The van der Waals surface area contributed by atoms with Gasteiger partial charge in [-0.1, -0.05) is 27.7 Å². The van der Waals surface area contributed by atoms with Crippen molar-refractivity contribution in [2.45, 2.75) is 46.6 Å². The van der Waals surface area contributed by atoms with Crippen molar-refractivity contribution in [1.82, 2.24) is 0 Å². The summed E-state index contributed by atoms with van der Waals surface area (Å²) in [6.07, 6.45) is 2.72. The van der Waals surface area contributed by atoms with Gasteiger partial charge in [0.2, 0.25) is 0 Å². The van der Waals surface area contributed by atoms with Crippen molar-refractivity contribution < 1.29 is 0 Å². The van der Waals surface area contributed by atoms with E-state index < -0.39 is 0 Å². The topological polar surface area (TPSA) is 26.0 Å². The van der Waals surface area contributed by atoms with Crippen molar-refractivity contribution in [2.75, 3.05) is 0 Å². The standard InChI is InChI=1S/C12H23N/c1-5-12(6-7(2)3)8(4)9-10(12)11(9)13/h7-11H,5-6,13H2,1-4H3. The van der Waals surface area contributed by atoms with Crippen LogP contribution >= 0.6 is 0 Å². The Morgan fingerprint density at radius 2 is 2.00 bits per heavy atom. The molecule has 0 aromatic heterocycles. The van der Waals surface area contributed by atoms with Gasteiger partial charge in [0.15, 0.2) is 0 Å². The molecule has 2 rings (SSSR count). The number of rotatable bonds is 3. The molecule has 1 heteroatoms. The second kappa shape index (κ2) is 2.73. The Labute approximate surface area is 82.1 Å². The van der Waals surface area contributed by atoms with Crippen molar-refractivity contribution in [3.8, 4) is 0 Å². The van der Waals surface area contributed by atoms with E-state index in [0.29, 0.717) is 11.5 Å². The second-order valence-electron chi connectivity index (χ2n) is 5.65. The number of fused-ring (bicyclic) bond motifs is 1. The predicted octanol–water partition coefficient (Wildman–Crippen LogP) is 2.65. The van der Waals surface area contributed by atoms with E-state index in [9.17, 15) is 0 Å². The first-order valence-corrected chi connectivity index (χ1v) is 5.80. The van der Waals surface area contributed by atoms with Gasteiger partial charge in [-0.2, -0.15) is 0 Å². The van der Waals surface area contributed by atoms with Crippen molar-refractivity contribution >= 4 is 0 Å². The van der Waals surface area contributed by atoms with Crippen LogP contribution in [0.4, 0.5) is 0 Å². The monoisotopic (exact) mass is 181 g/mol. The average molecular weight is 181 g/mol. The van der Waals surface area contributed by atoms with E-state index in [1.807, 2.05) is 0 Å². The molecular formula is C12H23N. The summed E-state index contributed by atoms with van der Waals surface area (Å²) in [6, 6.07) is 0.550. The maximum absolute atomic E-state index is 6.09. The summed E-state index contributed by atoms with van der Waals surface area (Å²) in [4.78, 5) is 0. The molecule has 76 valence electrons. The van der Waals surface area contributed by atoms with Gasteiger partial charge in [0, 0.05) is 6.04 Å². The zero-order valence-corrected chi connectivity index (χ0v) is 9.38. The average Bonchev–Trinajstić information content (AvgIpc) is 2.69. The van der Waals surface area contributed by atoms with Gasteiger partial charge in [-0.15, -0.1) is 0 Å². The van der Waals surface area contributed by atoms with E-state index in [2.05, 4.69) is 27.7 Å². The van der Waals surface area contributed by atoms with Crippen LogP contribution in [0, 0.1) is 29.1 Å². The highest BCUT2D eigenvalue weighted by molar-refractivity contribution is 5.23. The molecule has 0 radical (unpaired) electrons. The minimum Gasteiger partial charge on any atom is -0.327 e. The molecule has 1 nitrogen and oxygen atoms in total. The Morgan fingerprint density at radius 3 is 2.31 bits per heavy atom. The van der Waals surface area contributed by atoms with E-state index in [1.165, 1.54) is 12.8 Å². The molecule has 2 aliphatic carbocycles. The lowest BCUT2D eigenvalue weighted by atomic mass is 9.56. The first-order chi connectivity index (χ1) is 6.04. The molecule has 2 saturated carbocycles. The summed E-state index contributed by atoms with van der Waals surface area (Å²) in [5.41, 5.74) is 6.71. The van der Waals surface area contributed by atoms with E-state index in [-0.39, 0.29) is 0 Å². The van der Waals surface area contributed by atoms with Gasteiger partial charge in [0.25, 0.3) is 0 Å². The molecule has 0 aromatic rings. The fraction of sp³-hybridized carbons (Fsp3) is 1.00. The minimum absolute atomic E-state index is 0.550. The van der Waals surface area contributed by atoms with Crippen LogP contribution < -0.4 is 5.73 Å². The van der Waals surface area contributed by atoms with Crippen molar-refractivity contribution in [3.63, 3.8) is 0 Å². The predicted molar refractivity (Wildman–Crippen MR) is 56.3 cm³/mol. The molecule has 0 amide bonds. The Bertz CT molecular complexity index is 203. The summed E-state index contributed by atoms with van der Waals surface area (Å²) in [5.74, 6) is 3.49. The van der Waals surface area contributed by atoms with Crippen molar-refractivity contribution in [3.05, 3.63) is 0 Å². The highest BCUT2D eigenvalue weighted by atomic mass is 14.9. The summed E-state index contributed by atoms with van der Waals surface area (Å²) in [5, 5.41) is 0. The molecule has 0 aliphatic heterocycles. The van der Waals surface area contributed by atoms with Crippen LogP contribution in [0.3, 0.4) is 0 Å². The van der Waals surface area contributed by atoms with Gasteiger partial charge < -0.3 is 5.73 Å². The Hall–Kier alpha value is -0.0400. The van der Waals surface area contributed by atoms with Gasteiger partial charge in [-0.25, -0.2) is 0 Å². The van der Waals surface area contributed by atoms with Crippen molar-refractivity contribution in [1.29, 1.82) is 0 Å². The van der Waals surface area contributed by atoms with Crippen LogP contribution in [-0.2, 0) is 0 Å². The normalized spacial score (nSPS) is 53.1. The Kier molecular flexibility index (Phi) is 1.99. The number of nitrogens with two attached hydrogens (primary N) is 1. The molecular weight excluding hydrogens is 158 g/mol. The van der Waals surface area contributed by atoms with Gasteiger partial charge in [-0.05, 0) is 41.9 Å². The SMILES string of the molecule is CCC1(CC(C)C)C(C)C2C(N)C21. The van der Waals surface area contributed by atoms with Gasteiger partial charge in [-0.3, -0.25) is 0 Å². The number of hydrogen-bond donors (Lipinski definition) is 1. The lowest BCUT2D eigenvalue weighted by molar-refractivity contribution is -0.00141. The van der Waals surface area contributed by atoms with Crippen molar-refractivity contribution in [2.24, 2.45) is 34.8 Å². The maximum Gasteiger partial charge on any atom is 0.0111 e.